The summed E-state index contributed by atoms with van der Waals surface area (Å²) in [6, 6.07) is 1.91. The van der Waals surface area contributed by atoms with Gasteiger partial charge in [-0.3, -0.25) is 4.68 Å². The SMILES string of the molecule is Cn1ncc(Br)c1C(O)c1ccsc1. The van der Waals surface area contributed by atoms with Crippen LogP contribution in [0.25, 0.3) is 0 Å². The van der Waals surface area contributed by atoms with Crippen LogP contribution in [0.5, 0.6) is 0 Å². The molecule has 0 aliphatic heterocycles. The van der Waals surface area contributed by atoms with Gasteiger partial charge in [0.25, 0.3) is 0 Å². The van der Waals surface area contributed by atoms with Gasteiger partial charge >= 0.3 is 0 Å². The van der Waals surface area contributed by atoms with Gasteiger partial charge in [0.05, 0.1) is 16.4 Å². The molecule has 2 aromatic heterocycles. The van der Waals surface area contributed by atoms with Crippen molar-refractivity contribution < 1.29 is 5.11 Å². The van der Waals surface area contributed by atoms with Crippen LogP contribution in [0, 0.1) is 0 Å². The van der Waals surface area contributed by atoms with Crippen LogP contribution in [0.4, 0.5) is 0 Å². The summed E-state index contributed by atoms with van der Waals surface area (Å²) in [4.78, 5) is 0. The van der Waals surface area contributed by atoms with E-state index in [9.17, 15) is 5.11 Å². The van der Waals surface area contributed by atoms with Crippen molar-refractivity contribution >= 4 is 27.3 Å². The van der Waals surface area contributed by atoms with Crippen LogP contribution >= 0.6 is 27.3 Å². The lowest BCUT2D eigenvalue weighted by Gasteiger charge is -2.09. The second-order valence-electron chi connectivity index (χ2n) is 2.96. The molecule has 0 amide bonds. The van der Waals surface area contributed by atoms with Crippen LogP contribution in [-0.4, -0.2) is 14.9 Å². The molecule has 1 atom stereocenters. The van der Waals surface area contributed by atoms with Crippen molar-refractivity contribution in [3.63, 3.8) is 0 Å². The number of aryl methyl sites for hydroxylation is 1. The Bertz CT molecular complexity index is 404. The molecule has 0 saturated carbocycles. The van der Waals surface area contributed by atoms with Crippen molar-refractivity contribution in [3.8, 4) is 0 Å². The Morgan fingerprint density at radius 2 is 2.43 bits per heavy atom. The number of aromatic nitrogens is 2. The highest BCUT2D eigenvalue weighted by atomic mass is 79.9. The summed E-state index contributed by atoms with van der Waals surface area (Å²) < 4.78 is 2.51. The summed E-state index contributed by atoms with van der Waals surface area (Å²) in [5, 5.41) is 18.0. The average Bonchev–Trinajstić information content (AvgIpc) is 2.75. The predicted molar refractivity (Wildman–Crippen MR) is 59.3 cm³/mol. The second kappa shape index (κ2) is 3.84. The summed E-state index contributed by atoms with van der Waals surface area (Å²) >= 11 is 4.94. The number of nitrogens with zero attached hydrogens (tertiary/aromatic N) is 2. The fourth-order valence-electron chi connectivity index (χ4n) is 1.32. The molecule has 3 nitrogen and oxygen atoms in total. The van der Waals surface area contributed by atoms with E-state index in [1.165, 1.54) is 0 Å². The van der Waals surface area contributed by atoms with Crippen molar-refractivity contribution in [1.82, 2.24) is 9.78 Å². The Balaban J connectivity index is 2.41. The minimum absolute atomic E-state index is 0.608. The third-order valence-corrected chi connectivity index (χ3v) is 3.37. The fraction of sp³-hybridized carbons (Fsp3) is 0.222. The number of hydrogen-bond acceptors (Lipinski definition) is 3. The Kier molecular flexibility index (Phi) is 2.71. The zero-order valence-corrected chi connectivity index (χ0v) is 9.92. The monoisotopic (exact) mass is 272 g/mol. The molecule has 1 N–H and O–H groups in total. The molecule has 0 aliphatic carbocycles. The van der Waals surface area contributed by atoms with E-state index in [-0.39, 0.29) is 0 Å². The number of rotatable bonds is 2. The van der Waals surface area contributed by atoms with Crippen LogP contribution in [0.3, 0.4) is 0 Å². The molecule has 2 heterocycles. The van der Waals surface area contributed by atoms with Gasteiger partial charge in [-0.1, -0.05) is 0 Å². The van der Waals surface area contributed by atoms with Gasteiger partial charge in [-0.2, -0.15) is 16.4 Å². The third-order valence-electron chi connectivity index (χ3n) is 2.06. The highest BCUT2D eigenvalue weighted by Crippen LogP contribution is 2.28. The van der Waals surface area contributed by atoms with Gasteiger partial charge in [0.15, 0.2) is 0 Å². The summed E-state index contributed by atoms with van der Waals surface area (Å²) in [5.41, 5.74) is 1.68. The van der Waals surface area contributed by atoms with Gasteiger partial charge in [0.2, 0.25) is 0 Å². The van der Waals surface area contributed by atoms with E-state index in [2.05, 4.69) is 21.0 Å². The molecule has 0 spiro atoms. The molecule has 74 valence electrons. The standard InChI is InChI=1S/C9H9BrN2OS/c1-12-8(7(10)4-11-12)9(13)6-2-3-14-5-6/h2-5,9,13H,1H3. The second-order valence-corrected chi connectivity index (χ2v) is 4.59. The molecule has 0 fully saturated rings. The Morgan fingerprint density at radius 1 is 1.64 bits per heavy atom. The van der Waals surface area contributed by atoms with Gasteiger partial charge < -0.3 is 5.11 Å². The highest BCUT2D eigenvalue weighted by Gasteiger charge is 2.17. The molecule has 0 aliphatic rings. The zero-order valence-electron chi connectivity index (χ0n) is 7.51. The molecule has 0 aromatic carbocycles. The van der Waals surface area contributed by atoms with Crippen molar-refractivity contribution in [2.75, 3.05) is 0 Å². The van der Waals surface area contributed by atoms with Gasteiger partial charge in [-0.05, 0) is 38.3 Å². The molecule has 14 heavy (non-hydrogen) atoms. The fourth-order valence-corrected chi connectivity index (χ4v) is 2.56. The normalized spacial score (nSPS) is 13.1. The number of halogens is 1. The number of hydrogen-bond donors (Lipinski definition) is 1. The van der Waals surface area contributed by atoms with E-state index in [0.717, 1.165) is 15.7 Å². The van der Waals surface area contributed by atoms with Crippen molar-refractivity contribution in [2.24, 2.45) is 7.05 Å². The first-order valence-corrected chi connectivity index (χ1v) is 5.81. The lowest BCUT2D eigenvalue weighted by molar-refractivity contribution is 0.209. The number of thiophene rings is 1. The summed E-state index contributed by atoms with van der Waals surface area (Å²) in [5.74, 6) is 0. The number of aliphatic hydroxyl groups excluding tert-OH is 1. The van der Waals surface area contributed by atoms with Crippen LogP contribution in [-0.2, 0) is 7.05 Å². The summed E-state index contributed by atoms with van der Waals surface area (Å²) in [6.07, 6.45) is 1.08. The quantitative estimate of drug-likeness (QED) is 0.911. The van der Waals surface area contributed by atoms with Gasteiger partial charge in [-0.15, -0.1) is 0 Å². The summed E-state index contributed by atoms with van der Waals surface area (Å²) in [6.45, 7) is 0. The average molecular weight is 273 g/mol. The van der Waals surface area contributed by atoms with Crippen molar-refractivity contribution in [1.29, 1.82) is 0 Å². The van der Waals surface area contributed by atoms with Gasteiger partial charge in [-0.25, -0.2) is 0 Å². The lowest BCUT2D eigenvalue weighted by atomic mass is 10.1. The minimum Gasteiger partial charge on any atom is -0.382 e. The van der Waals surface area contributed by atoms with E-state index in [0.29, 0.717) is 0 Å². The Hall–Kier alpha value is -0.650. The first-order chi connectivity index (χ1) is 6.70. The maximum absolute atomic E-state index is 10.0. The first-order valence-electron chi connectivity index (χ1n) is 4.07. The smallest absolute Gasteiger partial charge is 0.123 e. The van der Waals surface area contributed by atoms with Gasteiger partial charge in [0, 0.05) is 7.05 Å². The lowest BCUT2D eigenvalue weighted by Crippen LogP contribution is -2.06. The molecule has 1 unspecified atom stereocenters. The minimum atomic E-state index is -0.608. The molecule has 5 heteroatoms. The third kappa shape index (κ3) is 1.63. The van der Waals surface area contributed by atoms with E-state index < -0.39 is 6.10 Å². The topological polar surface area (TPSA) is 38.0 Å². The predicted octanol–water partition coefficient (Wildman–Crippen LogP) is 2.33. The number of aliphatic hydroxyl groups is 1. The molecular weight excluding hydrogens is 264 g/mol. The maximum atomic E-state index is 10.0. The highest BCUT2D eigenvalue weighted by molar-refractivity contribution is 9.10. The molecule has 0 saturated heterocycles. The van der Waals surface area contributed by atoms with Crippen LogP contribution in [0.1, 0.15) is 17.4 Å². The zero-order chi connectivity index (χ0) is 10.1. The van der Waals surface area contributed by atoms with Gasteiger partial charge in [0.1, 0.15) is 6.10 Å². The van der Waals surface area contributed by atoms with Crippen molar-refractivity contribution in [2.45, 2.75) is 6.10 Å². The van der Waals surface area contributed by atoms with E-state index in [4.69, 9.17) is 0 Å². The molecule has 0 bridgehead atoms. The van der Waals surface area contributed by atoms with Crippen LogP contribution < -0.4 is 0 Å². The molecule has 0 radical (unpaired) electrons. The van der Waals surface area contributed by atoms with Crippen molar-refractivity contribution in [3.05, 3.63) is 38.8 Å². The summed E-state index contributed by atoms with van der Waals surface area (Å²) in [7, 11) is 1.82. The van der Waals surface area contributed by atoms with Crippen LogP contribution in [0.15, 0.2) is 27.5 Å². The van der Waals surface area contributed by atoms with E-state index in [1.807, 2.05) is 23.9 Å². The maximum Gasteiger partial charge on any atom is 0.123 e. The molecular formula is C9H9BrN2OS. The Morgan fingerprint density at radius 3 is 2.93 bits per heavy atom. The van der Waals surface area contributed by atoms with Crippen LogP contribution in [0.2, 0.25) is 0 Å². The van der Waals surface area contributed by atoms with E-state index >= 15 is 0 Å². The molecule has 2 rings (SSSR count). The van der Waals surface area contributed by atoms with E-state index in [1.54, 1.807) is 22.2 Å². The first kappa shape index (κ1) is 9.89. The molecule has 2 aromatic rings. The largest absolute Gasteiger partial charge is 0.382 e. The Labute approximate surface area is 94.1 Å².